The Bertz CT molecular complexity index is 617. The summed E-state index contributed by atoms with van der Waals surface area (Å²) in [4.78, 5) is 1.37. The first-order valence-corrected chi connectivity index (χ1v) is 8.41. The standard InChI is InChI=1S/C16H15BrFNS/c17-14-9-12(18)6-5-11(14)10-19-15-7-8-20-16-4-2-1-3-13(15)16/h1-6,9,15,19H,7-8,10H2. The molecule has 1 unspecified atom stereocenters. The fourth-order valence-electron chi connectivity index (χ4n) is 2.45. The van der Waals surface area contributed by atoms with Gasteiger partial charge < -0.3 is 5.32 Å². The van der Waals surface area contributed by atoms with Gasteiger partial charge in [0.15, 0.2) is 0 Å². The van der Waals surface area contributed by atoms with E-state index in [0.29, 0.717) is 6.04 Å². The van der Waals surface area contributed by atoms with Crippen LogP contribution in [-0.2, 0) is 6.54 Å². The van der Waals surface area contributed by atoms with Crippen LogP contribution in [-0.4, -0.2) is 5.75 Å². The molecular weight excluding hydrogens is 337 g/mol. The van der Waals surface area contributed by atoms with E-state index < -0.39 is 0 Å². The van der Waals surface area contributed by atoms with Gasteiger partial charge in [-0.15, -0.1) is 11.8 Å². The average Bonchev–Trinajstić information content (AvgIpc) is 2.46. The van der Waals surface area contributed by atoms with Gasteiger partial charge in [-0.2, -0.15) is 0 Å². The molecule has 0 radical (unpaired) electrons. The zero-order valence-electron chi connectivity index (χ0n) is 10.9. The van der Waals surface area contributed by atoms with Crippen LogP contribution in [0.4, 0.5) is 4.39 Å². The lowest BCUT2D eigenvalue weighted by Crippen LogP contribution is -2.24. The maximum Gasteiger partial charge on any atom is 0.124 e. The molecule has 0 aliphatic carbocycles. The highest BCUT2D eigenvalue weighted by molar-refractivity contribution is 9.10. The molecule has 0 saturated carbocycles. The third-order valence-electron chi connectivity index (χ3n) is 3.51. The minimum Gasteiger partial charge on any atom is -0.306 e. The molecule has 3 rings (SSSR count). The highest BCUT2D eigenvalue weighted by atomic mass is 79.9. The van der Waals surface area contributed by atoms with Crippen LogP contribution < -0.4 is 5.32 Å². The van der Waals surface area contributed by atoms with Crippen molar-refractivity contribution in [3.05, 3.63) is 63.9 Å². The molecule has 0 amide bonds. The van der Waals surface area contributed by atoms with E-state index in [1.165, 1.54) is 22.6 Å². The molecule has 0 saturated heterocycles. The zero-order valence-corrected chi connectivity index (χ0v) is 13.3. The number of hydrogen-bond donors (Lipinski definition) is 1. The number of benzene rings is 2. The van der Waals surface area contributed by atoms with E-state index in [0.717, 1.165) is 28.8 Å². The summed E-state index contributed by atoms with van der Waals surface area (Å²) in [5.74, 6) is 0.930. The molecule has 1 aliphatic heterocycles. The van der Waals surface area contributed by atoms with Crippen LogP contribution in [0.1, 0.15) is 23.6 Å². The molecule has 0 fully saturated rings. The van der Waals surface area contributed by atoms with Crippen LogP contribution in [0.3, 0.4) is 0 Å². The summed E-state index contributed by atoms with van der Waals surface area (Å²) in [6, 6.07) is 13.8. The molecule has 104 valence electrons. The number of nitrogens with one attached hydrogen (secondary N) is 1. The maximum absolute atomic E-state index is 13.1. The van der Waals surface area contributed by atoms with E-state index >= 15 is 0 Å². The van der Waals surface area contributed by atoms with Crippen molar-refractivity contribution < 1.29 is 4.39 Å². The van der Waals surface area contributed by atoms with Crippen LogP contribution in [0.2, 0.25) is 0 Å². The number of halogens is 2. The molecule has 1 nitrogen and oxygen atoms in total. The largest absolute Gasteiger partial charge is 0.306 e. The lowest BCUT2D eigenvalue weighted by Gasteiger charge is -2.26. The van der Waals surface area contributed by atoms with Crippen molar-refractivity contribution in [2.24, 2.45) is 0 Å². The molecule has 1 N–H and O–H groups in total. The summed E-state index contributed by atoms with van der Waals surface area (Å²) in [7, 11) is 0. The quantitative estimate of drug-likeness (QED) is 0.842. The monoisotopic (exact) mass is 351 g/mol. The Morgan fingerprint density at radius 1 is 1.25 bits per heavy atom. The normalized spacial score (nSPS) is 17.8. The Kier molecular flexibility index (Phi) is 4.44. The summed E-state index contributed by atoms with van der Waals surface area (Å²) >= 11 is 5.34. The Morgan fingerprint density at radius 2 is 2.10 bits per heavy atom. The zero-order chi connectivity index (χ0) is 13.9. The van der Waals surface area contributed by atoms with Gasteiger partial charge in [0.1, 0.15) is 5.82 Å². The number of thioether (sulfide) groups is 1. The summed E-state index contributed by atoms with van der Waals surface area (Å²) in [5.41, 5.74) is 2.46. The van der Waals surface area contributed by atoms with Crippen LogP contribution >= 0.6 is 27.7 Å². The Hall–Kier alpha value is -0.840. The van der Waals surface area contributed by atoms with E-state index in [4.69, 9.17) is 0 Å². The van der Waals surface area contributed by atoms with Crippen molar-refractivity contribution in [2.45, 2.75) is 23.9 Å². The maximum atomic E-state index is 13.1. The van der Waals surface area contributed by atoms with Gasteiger partial charge in [-0.3, -0.25) is 0 Å². The molecule has 2 aromatic carbocycles. The SMILES string of the molecule is Fc1ccc(CNC2CCSc3ccccc32)c(Br)c1. The van der Waals surface area contributed by atoms with Gasteiger partial charge in [-0.25, -0.2) is 4.39 Å². The van der Waals surface area contributed by atoms with Gasteiger partial charge >= 0.3 is 0 Å². The number of hydrogen-bond acceptors (Lipinski definition) is 2. The van der Waals surface area contributed by atoms with Crippen molar-refractivity contribution in [1.82, 2.24) is 5.32 Å². The first kappa shape index (κ1) is 14.1. The predicted octanol–water partition coefficient (Wildman–Crippen LogP) is 4.91. The average molecular weight is 352 g/mol. The summed E-state index contributed by atoms with van der Waals surface area (Å²) in [6.07, 6.45) is 1.13. The second-order valence-electron chi connectivity index (χ2n) is 4.84. The van der Waals surface area contributed by atoms with Gasteiger partial charge in [0, 0.05) is 22.0 Å². The van der Waals surface area contributed by atoms with Crippen molar-refractivity contribution in [1.29, 1.82) is 0 Å². The third-order valence-corrected chi connectivity index (χ3v) is 5.37. The van der Waals surface area contributed by atoms with Crippen molar-refractivity contribution >= 4 is 27.7 Å². The third kappa shape index (κ3) is 3.08. The molecule has 0 bridgehead atoms. The minimum absolute atomic E-state index is 0.208. The van der Waals surface area contributed by atoms with Crippen molar-refractivity contribution in [3.8, 4) is 0 Å². The summed E-state index contributed by atoms with van der Waals surface area (Å²) in [5, 5.41) is 3.59. The first-order chi connectivity index (χ1) is 9.74. The Balaban J connectivity index is 1.73. The molecule has 1 atom stereocenters. The fourth-order valence-corrected chi connectivity index (χ4v) is 4.07. The number of rotatable bonds is 3. The summed E-state index contributed by atoms with van der Waals surface area (Å²) < 4.78 is 13.9. The van der Waals surface area contributed by atoms with Gasteiger partial charge in [0.2, 0.25) is 0 Å². The van der Waals surface area contributed by atoms with Gasteiger partial charge in [0.05, 0.1) is 0 Å². The molecule has 2 aromatic rings. The Labute approximate surface area is 131 Å². The molecule has 1 heterocycles. The topological polar surface area (TPSA) is 12.0 Å². The van der Waals surface area contributed by atoms with E-state index in [2.05, 4.69) is 45.5 Å². The van der Waals surface area contributed by atoms with Crippen LogP contribution in [0, 0.1) is 5.82 Å². The smallest absolute Gasteiger partial charge is 0.124 e. The molecule has 0 spiro atoms. The lowest BCUT2D eigenvalue weighted by molar-refractivity contribution is 0.509. The molecule has 4 heteroatoms. The highest BCUT2D eigenvalue weighted by Gasteiger charge is 2.19. The van der Waals surface area contributed by atoms with Crippen molar-refractivity contribution in [2.75, 3.05) is 5.75 Å². The molecule has 20 heavy (non-hydrogen) atoms. The highest BCUT2D eigenvalue weighted by Crippen LogP contribution is 2.36. The predicted molar refractivity (Wildman–Crippen MR) is 85.5 cm³/mol. The van der Waals surface area contributed by atoms with Gasteiger partial charge in [-0.05, 0) is 41.5 Å². The lowest BCUT2D eigenvalue weighted by atomic mass is 10.0. The minimum atomic E-state index is -0.208. The van der Waals surface area contributed by atoms with E-state index in [1.807, 2.05) is 17.8 Å². The van der Waals surface area contributed by atoms with E-state index in [9.17, 15) is 4.39 Å². The second-order valence-corrected chi connectivity index (χ2v) is 6.84. The van der Waals surface area contributed by atoms with Crippen LogP contribution in [0.25, 0.3) is 0 Å². The van der Waals surface area contributed by atoms with Gasteiger partial charge in [0.25, 0.3) is 0 Å². The Morgan fingerprint density at radius 3 is 2.95 bits per heavy atom. The van der Waals surface area contributed by atoms with Crippen molar-refractivity contribution in [3.63, 3.8) is 0 Å². The second kappa shape index (κ2) is 6.29. The van der Waals surface area contributed by atoms with E-state index in [-0.39, 0.29) is 5.82 Å². The van der Waals surface area contributed by atoms with E-state index in [1.54, 1.807) is 0 Å². The first-order valence-electron chi connectivity index (χ1n) is 6.63. The molecular formula is C16H15BrFNS. The van der Waals surface area contributed by atoms with Gasteiger partial charge in [-0.1, -0.05) is 40.2 Å². The fraction of sp³-hybridized carbons (Fsp3) is 0.250. The summed E-state index contributed by atoms with van der Waals surface area (Å²) in [6.45, 7) is 0.741. The van der Waals surface area contributed by atoms with Crippen LogP contribution in [0.15, 0.2) is 51.8 Å². The molecule has 0 aromatic heterocycles. The number of fused-ring (bicyclic) bond motifs is 1. The molecule has 1 aliphatic rings. The van der Waals surface area contributed by atoms with Crippen LogP contribution in [0.5, 0.6) is 0 Å².